The number of para-hydroxylation sites is 1. The first-order chi connectivity index (χ1) is 8.75. The second-order valence-electron chi connectivity index (χ2n) is 5.73. The number of hydrogen-bond donors (Lipinski definition) is 1. The standard InChI is InChI=1S/C16H22N2/c1-12(13-7-8-13)9-17-10-14-11-18(2)16-6-4-3-5-15(14)16/h3-6,11-13,17H,7-10H2,1-2H3. The predicted molar refractivity (Wildman–Crippen MR) is 76.5 cm³/mol. The van der Waals surface area contributed by atoms with Crippen LogP contribution in [0, 0.1) is 11.8 Å². The number of rotatable bonds is 5. The monoisotopic (exact) mass is 242 g/mol. The van der Waals surface area contributed by atoms with E-state index >= 15 is 0 Å². The molecule has 2 aromatic rings. The van der Waals surface area contributed by atoms with E-state index in [9.17, 15) is 0 Å². The van der Waals surface area contributed by atoms with E-state index in [0.717, 1.165) is 24.9 Å². The molecular formula is C16H22N2. The van der Waals surface area contributed by atoms with Gasteiger partial charge in [0, 0.05) is 30.7 Å². The van der Waals surface area contributed by atoms with Crippen LogP contribution >= 0.6 is 0 Å². The summed E-state index contributed by atoms with van der Waals surface area (Å²) >= 11 is 0. The quantitative estimate of drug-likeness (QED) is 0.851. The molecule has 0 aliphatic heterocycles. The molecule has 2 heteroatoms. The molecule has 1 unspecified atom stereocenters. The van der Waals surface area contributed by atoms with E-state index < -0.39 is 0 Å². The topological polar surface area (TPSA) is 17.0 Å². The third kappa shape index (κ3) is 2.30. The van der Waals surface area contributed by atoms with Crippen molar-refractivity contribution in [3.05, 3.63) is 36.0 Å². The van der Waals surface area contributed by atoms with E-state index in [4.69, 9.17) is 0 Å². The Morgan fingerprint density at radius 2 is 2.11 bits per heavy atom. The van der Waals surface area contributed by atoms with Crippen LogP contribution in [0.25, 0.3) is 10.9 Å². The molecule has 2 nitrogen and oxygen atoms in total. The number of nitrogens with zero attached hydrogens (tertiary/aromatic N) is 1. The van der Waals surface area contributed by atoms with Crippen LogP contribution in [-0.2, 0) is 13.6 Å². The van der Waals surface area contributed by atoms with Gasteiger partial charge in [0.2, 0.25) is 0 Å². The van der Waals surface area contributed by atoms with Crippen LogP contribution < -0.4 is 5.32 Å². The van der Waals surface area contributed by atoms with Crippen LogP contribution in [0.2, 0.25) is 0 Å². The molecule has 0 saturated heterocycles. The summed E-state index contributed by atoms with van der Waals surface area (Å²) in [6, 6.07) is 8.63. The van der Waals surface area contributed by atoms with Gasteiger partial charge in [-0.3, -0.25) is 0 Å². The van der Waals surface area contributed by atoms with Gasteiger partial charge in [-0.1, -0.05) is 25.1 Å². The van der Waals surface area contributed by atoms with Gasteiger partial charge in [0.05, 0.1) is 0 Å². The number of nitrogens with one attached hydrogen (secondary N) is 1. The number of benzene rings is 1. The molecule has 3 rings (SSSR count). The lowest BCUT2D eigenvalue weighted by atomic mass is 10.1. The van der Waals surface area contributed by atoms with Crippen molar-refractivity contribution in [3.63, 3.8) is 0 Å². The van der Waals surface area contributed by atoms with Crippen LogP contribution in [-0.4, -0.2) is 11.1 Å². The molecule has 18 heavy (non-hydrogen) atoms. The Kier molecular flexibility index (Phi) is 3.13. The van der Waals surface area contributed by atoms with Gasteiger partial charge < -0.3 is 9.88 Å². The van der Waals surface area contributed by atoms with Gasteiger partial charge in [-0.15, -0.1) is 0 Å². The van der Waals surface area contributed by atoms with Crippen molar-refractivity contribution >= 4 is 10.9 Å². The molecule has 1 aromatic carbocycles. The highest BCUT2D eigenvalue weighted by Gasteiger charge is 2.27. The largest absolute Gasteiger partial charge is 0.350 e. The molecule has 1 saturated carbocycles. The van der Waals surface area contributed by atoms with Crippen LogP contribution in [0.15, 0.2) is 30.5 Å². The third-order valence-corrected chi connectivity index (χ3v) is 4.19. The molecule has 1 aromatic heterocycles. The van der Waals surface area contributed by atoms with Crippen molar-refractivity contribution in [2.24, 2.45) is 18.9 Å². The lowest BCUT2D eigenvalue weighted by molar-refractivity contribution is 0.462. The fraction of sp³-hybridized carbons (Fsp3) is 0.500. The first-order valence-corrected chi connectivity index (χ1v) is 6.99. The molecule has 1 aliphatic rings. The molecular weight excluding hydrogens is 220 g/mol. The lowest BCUT2D eigenvalue weighted by Gasteiger charge is -2.10. The molecule has 1 fully saturated rings. The van der Waals surface area contributed by atoms with E-state index in [1.165, 1.54) is 29.3 Å². The molecule has 96 valence electrons. The fourth-order valence-corrected chi connectivity index (χ4v) is 2.83. The van der Waals surface area contributed by atoms with Gasteiger partial charge in [0.15, 0.2) is 0 Å². The Labute approximate surface area is 109 Å². The minimum Gasteiger partial charge on any atom is -0.350 e. The second kappa shape index (κ2) is 4.77. The Morgan fingerprint density at radius 3 is 2.89 bits per heavy atom. The van der Waals surface area contributed by atoms with Crippen molar-refractivity contribution < 1.29 is 0 Å². The molecule has 0 spiro atoms. The first-order valence-electron chi connectivity index (χ1n) is 6.99. The summed E-state index contributed by atoms with van der Waals surface area (Å²) in [5.74, 6) is 1.82. The highest BCUT2D eigenvalue weighted by molar-refractivity contribution is 5.83. The Morgan fingerprint density at radius 1 is 1.33 bits per heavy atom. The zero-order valence-corrected chi connectivity index (χ0v) is 11.3. The fourth-order valence-electron chi connectivity index (χ4n) is 2.83. The summed E-state index contributed by atoms with van der Waals surface area (Å²) in [6.45, 7) is 4.50. The van der Waals surface area contributed by atoms with Gasteiger partial charge in [0.25, 0.3) is 0 Å². The van der Waals surface area contributed by atoms with Crippen LogP contribution in [0.1, 0.15) is 25.3 Å². The van der Waals surface area contributed by atoms with E-state index in [1.807, 2.05) is 0 Å². The second-order valence-corrected chi connectivity index (χ2v) is 5.73. The Bertz CT molecular complexity index is 537. The van der Waals surface area contributed by atoms with Gasteiger partial charge in [-0.2, -0.15) is 0 Å². The summed E-state index contributed by atoms with van der Waals surface area (Å²) in [5.41, 5.74) is 2.74. The summed E-state index contributed by atoms with van der Waals surface area (Å²) in [4.78, 5) is 0. The molecule has 0 bridgehead atoms. The molecule has 1 atom stereocenters. The van der Waals surface area contributed by atoms with Crippen molar-refractivity contribution in [1.29, 1.82) is 0 Å². The smallest absolute Gasteiger partial charge is 0.0481 e. The highest BCUT2D eigenvalue weighted by atomic mass is 14.9. The summed E-state index contributed by atoms with van der Waals surface area (Å²) < 4.78 is 2.22. The zero-order valence-electron chi connectivity index (χ0n) is 11.3. The lowest BCUT2D eigenvalue weighted by Crippen LogP contribution is -2.21. The first kappa shape index (κ1) is 11.8. The molecule has 1 aliphatic carbocycles. The van der Waals surface area contributed by atoms with Gasteiger partial charge in [0.1, 0.15) is 0 Å². The maximum atomic E-state index is 3.61. The summed E-state index contributed by atoms with van der Waals surface area (Å²) in [6.07, 6.45) is 5.13. The number of hydrogen-bond acceptors (Lipinski definition) is 1. The predicted octanol–water partition coefficient (Wildman–Crippen LogP) is 3.31. The van der Waals surface area contributed by atoms with Gasteiger partial charge >= 0.3 is 0 Å². The van der Waals surface area contributed by atoms with Crippen LogP contribution in [0.5, 0.6) is 0 Å². The molecule has 0 radical (unpaired) electrons. The van der Waals surface area contributed by atoms with E-state index in [1.54, 1.807) is 0 Å². The van der Waals surface area contributed by atoms with Crippen molar-refractivity contribution in [1.82, 2.24) is 9.88 Å². The average Bonchev–Trinajstić information content (AvgIpc) is 3.17. The Balaban J connectivity index is 1.67. The number of fused-ring (bicyclic) bond motifs is 1. The van der Waals surface area contributed by atoms with Crippen molar-refractivity contribution in [2.75, 3.05) is 6.54 Å². The molecule has 0 amide bonds. The Hall–Kier alpha value is -1.28. The van der Waals surface area contributed by atoms with Crippen molar-refractivity contribution in [3.8, 4) is 0 Å². The van der Waals surface area contributed by atoms with E-state index in [2.05, 4.69) is 54.3 Å². The molecule has 1 N–H and O–H groups in total. The maximum absolute atomic E-state index is 3.61. The van der Waals surface area contributed by atoms with Crippen LogP contribution in [0.3, 0.4) is 0 Å². The molecule has 1 heterocycles. The summed E-state index contributed by atoms with van der Waals surface area (Å²) in [7, 11) is 2.12. The van der Waals surface area contributed by atoms with E-state index in [-0.39, 0.29) is 0 Å². The van der Waals surface area contributed by atoms with Gasteiger partial charge in [-0.25, -0.2) is 0 Å². The van der Waals surface area contributed by atoms with Gasteiger partial charge in [-0.05, 0) is 42.9 Å². The van der Waals surface area contributed by atoms with E-state index in [0.29, 0.717) is 0 Å². The van der Waals surface area contributed by atoms with Crippen molar-refractivity contribution in [2.45, 2.75) is 26.3 Å². The maximum Gasteiger partial charge on any atom is 0.0481 e. The SMILES string of the molecule is CC(CNCc1cn(C)c2ccccc12)C1CC1. The minimum atomic E-state index is 0.833. The average molecular weight is 242 g/mol. The highest BCUT2D eigenvalue weighted by Crippen LogP contribution is 2.36. The minimum absolute atomic E-state index is 0.833. The third-order valence-electron chi connectivity index (χ3n) is 4.19. The zero-order chi connectivity index (χ0) is 12.5. The normalized spacial score (nSPS) is 17.2. The van der Waals surface area contributed by atoms with Crippen LogP contribution in [0.4, 0.5) is 0 Å². The number of aromatic nitrogens is 1. The summed E-state index contributed by atoms with van der Waals surface area (Å²) in [5, 5.41) is 5.00. The number of aryl methyl sites for hydroxylation is 1.